The summed E-state index contributed by atoms with van der Waals surface area (Å²) in [6, 6.07) is 5.82. The van der Waals surface area contributed by atoms with Crippen LogP contribution in [0.2, 0.25) is 10.0 Å². The van der Waals surface area contributed by atoms with Crippen molar-refractivity contribution < 1.29 is 0 Å². The molecule has 0 amide bonds. The molecule has 1 unspecified atom stereocenters. The summed E-state index contributed by atoms with van der Waals surface area (Å²) in [6.07, 6.45) is 3.02. The molecule has 0 spiro atoms. The monoisotopic (exact) mass is 231 g/mol. The molecule has 0 bridgehead atoms. The Hall–Kier alpha value is -0.240. The van der Waals surface area contributed by atoms with Crippen LogP contribution in [-0.2, 0) is 6.42 Å². The van der Waals surface area contributed by atoms with Crippen LogP contribution in [0, 0.1) is 0 Å². The molecule has 0 radical (unpaired) electrons. The third kappa shape index (κ3) is 3.87. The summed E-state index contributed by atoms with van der Waals surface area (Å²) in [7, 11) is 0. The average molecular weight is 232 g/mol. The highest BCUT2D eigenvalue weighted by molar-refractivity contribution is 6.33. The highest BCUT2D eigenvalue weighted by atomic mass is 35.5. The zero-order chi connectivity index (χ0) is 10.6. The molecular formula is C11H15Cl2N. The van der Waals surface area contributed by atoms with Gasteiger partial charge in [-0.3, -0.25) is 0 Å². The van der Waals surface area contributed by atoms with Crippen LogP contribution in [-0.4, -0.2) is 6.04 Å². The molecule has 2 N–H and O–H groups in total. The Labute approximate surface area is 95.2 Å². The van der Waals surface area contributed by atoms with E-state index in [0.29, 0.717) is 0 Å². The van der Waals surface area contributed by atoms with Crippen molar-refractivity contribution in [3.8, 4) is 0 Å². The maximum atomic E-state index is 6.02. The first kappa shape index (κ1) is 11.8. The number of hydrogen-bond donors (Lipinski definition) is 1. The Balaban J connectivity index is 2.53. The quantitative estimate of drug-likeness (QED) is 0.842. The second-order valence-corrected chi connectivity index (χ2v) is 4.45. The molecule has 78 valence electrons. The third-order valence-corrected chi connectivity index (χ3v) is 2.72. The Bertz CT molecular complexity index is 297. The van der Waals surface area contributed by atoms with Gasteiger partial charge in [-0.15, -0.1) is 0 Å². The van der Waals surface area contributed by atoms with Gasteiger partial charge >= 0.3 is 0 Å². The SMILES string of the molecule is CC(N)CCCc1cc(Cl)ccc1Cl. The van der Waals surface area contributed by atoms with Gasteiger partial charge in [-0.2, -0.15) is 0 Å². The first-order valence-corrected chi connectivity index (χ1v) is 5.54. The molecule has 14 heavy (non-hydrogen) atoms. The molecule has 1 nitrogen and oxygen atoms in total. The van der Waals surface area contributed by atoms with E-state index in [-0.39, 0.29) is 6.04 Å². The fraction of sp³-hybridized carbons (Fsp3) is 0.455. The van der Waals surface area contributed by atoms with Crippen LogP contribution in [0.5, 0.6) is 0 Å². The molecule has 0 aliphatic rings. The number of halogens is 2. The van der Waals surface area contributed by atoms with Crippen molar-refractivity contribution >= 4 is 23.2 Å². The molecular weight excluding hydrogens is 217 g/mol. The van der Waals surface area contributed by atoms with Gasteiger partial charge in [0.05, 0.1) is 0 Å². The van der Waals surface area contributed by atoms with Gasteiger partial charge in [0, 0.05) is 16.1 Å². The van der Waals surface area contributed by atoms with Crippen molar-refractivity contribution in [2.45, 2.75) is 32.2 Å². The smallest absolute Gasteiger partial charge is 0.0439 e. The van der Waals surface area contributed by atoms with E-state index in [9.17, 15) is 0 Å². The van der Waals surface area contributed by atoms with Crippen LogP contribution >= 0.6 is 23.2 Å². The largest absolute Gasteiger partial charge is 0.328 e. The standard InChI is InChI=1S/C11H15Cl2N/c1-8(14)3-2-4-9-7-10(12)5-6-11(9)13/h5-8H,2-4,14H2,1H3. The fourth-order valence-electron chi connectivity index (χ4n) is 1.35. The molecule has 0 saturated heterocycles. The molecule has 1 aromatic rings. The van der Waals surface area contributed by atoms with Gasteiger partial charge < -0.3 is 5.73 Å². The highest BCUT2D eigenvalue weighted by Gasteiger charge is 2.02. The van der Waals surface area contributed by atoms with Gasteiger partial charge in [0.1, 0.15) is 0 Å². The van der Waals surface area contributed by atoms with E-state index >= 15 is 0 Å². The first-order valence-electron chi connectivity index (χ1n) is 4.79. The number of benzene rings is 1. The van der Waals surface area contributed by atoms with Crippen molar-refractivity contribution in [1.82, 2.24) is 0 Å². The van der Waals surface area contributed by atoms with Gasteiger partial charge in [0.2, 0.25) is 0 Å². The van der Waals surface area contributed by atoms with E-state index in [2.05, 4.69) is 0 Å². The van der Waals surface area contributed by atoms with Crippen molar-refractivity contribution in [3.05, 3.63) is 33.8 Å². The van der Waals surface area contributed by atoms with Crippen LogP contribution < -0.4 is 5.73 Å². The summed E-state index contributed by atoms with van der Waals surface area (Å²) in [5, 5.41) is 1.53. The maximum Gasteiger partial charge on any atom is 0.0439 e. The van der Waals surface area contributed by atoms with Crippen LogP contribution in [0.4, 0.5) is 0 Å². The zero-order valence-corrected chi connectivity index (χ0v) is 9.78. The Kier molecular flexibility index (Phi) is 4.73. The average Bonchev–Trinajstić information content (AvgIpc) is 2.10. The molecule has 0 aliphatic carbocycles. The molecule has 3 heteroatoms. The van der Waals surface area contributed by atoms with E-state index < -0.39 is 0 Å². The second-order valence-electron chi connectivity index (χ2n) is 3.61. The second kappa shape index (κ2) is 5.59. The van der Waals surface area contributed by atoms with Crippen molar-refractivity contribution in [1.29, 1.82) is 0 Å². The summed E-state index contributed by atoms with van der Waals surface area (Å²) in [5.41, 5.74) is 6.78. The van der Waals surface area contributed by atoms with E-state index in [0.717, 1.165) is 34.9 Å². The third-order valence-electron chi connectivity index (χ3n) is 2.11. The lowest BCUT2D eigenvalue weighted by Crippen LogP contribution is -2.14. The minimum atomic E-state index is 0.257. The number of nitrogens with two attached hydrogens (primary N) is 1. The summed E-state index contributed by atoms with van der Waals surface area (Å²) >= 11 is 11.9. The minimum absolute atomic E-state index is 0.257. The summed E-state index contributed by atoms with van der Waals surface area (Å²) in [4.78, 5) is 0. The number of hydrogen-bond acceptors (Lipinski definition) is 1. The van der Waals surface area contributed by atoms with Gasteiger partial charge in [0.25, 0.3) is 0 Å². The van der Waals surface area contributed by atoms with Crippen molar-refractivity contribution in [2.75, 3.05) is 0 Å². The molecule has 0 fully saturated rings. The Morgan fingerprint density at radius 1 is 1.36 bits per heavy atom. The predicted molar refractivity (Wildman–Crippen MR) is 63.0 cm³/mol. The van der Waals surface area contributed by atoms with Crippen LogP contribution in [0.15, 0.2) is 18.2 Å². The molecule has 0 saturated carbocycles. The van der Waals surface area contributed by atoms with Gasteiger partial charge in [-0.1, -0.05) is 23.2 Å². The van der Waals surface area contributed by atoms with Gasteiger partial charge in [-0.25, -0.2) is 0 Å². The maximum absolute atomic E-state index is 6.02. The predicted octanol–water partition coefficient (Wildman–Crippen LogP) is 3.66. The lowest BCUT2D eigenvalue weighted by molar-refractivity contribution is 0.624. The Morgan fingerprint density at radius 2 is 2.07 bits per heavy atom. The normalized spacial score (nSPS) is 12.9. The van der Waals surface area contributed by atoms with Gasteiger partial charge in [0.15, 0.2) is 0 Å². The van der Waals surface area contributed by atoms with E-state index in [4.69, 9.17) is 28.9 Å². The molecule has 0 aliphatic heterocycles. The van der Waals surface area contributed by atoms with Crippen LogP contribution in [0.25, 0.3) is 0 Å². The Morgan fingerprint density at radius 3 is 2.71 bits per heavy atom. The molecule has 0 heterocycles. The minimum Gasteiger partial charge on any atom is -0.328 e. The molecule has 1 rings (SSSR count). The van der Waals surface area contributed by atoms with Gasteiger partial charge in [-0.05, 0) is 49.9 Å². The summed E-state index contributed by atoms with van der Waals surface area (Å²) in [6.45, 7) is 2.01. The fourth-order valence-corrected chi connectivity index (χ4v) is 1.76. The number of rotatable bonds is 4. The van der Waals surface area contributed by atoms with E-state index in [1.807, 2.05) is 19.1 Å². The molecule has 0 aromatic heterocycles. The lowest BCUT2D eigenvalue weighted by atomic mass is 10.1. The molecule has 1 aromatic carbocycles. The van der Waals surface area contributed by atoms with Crippen LogP contribution in [0.3, 0.4) is 0 Å². The zero-order valence-electron chi connectivity index (χ0n) is 8.26. The van der Waals surface area contributed by atoms with Crippen molar-refractivity contribution in [2.24, 2.45) is 5.73 Å². The number of aryl methyl sites for hydroxylation is 1. The lowest BCUT2D eigenvalue weighted by Gasteiger charge is -2.06. The summed E-state index contributed by atoms with van der Waals surface area (Å²) in [5.74, 6) is 0. The first-order chi connectivity index (χ1) is 6.59. The topological polar surface area (TPSA) is 26.0 Å². The van der Waals surface area contributed by atoms with E-state index in [1.165, 1.54) is 0 Å². The van der Waals surface area contributed by atoms with Crippen molar-refractivity contribution in [3.63, 3.8) is 0 Å². The van der Waals surface area contributed by atoms with E-state index in [1.54, 1.807) is 6.07 Å². The summed E-state index contributed by atoms with van der Waals surface area (Å²) < 4.78 is 0. The molecule has 1 atom stereocenters. The highest BCUT2D eigenvalue weighted by Crippen LogP contribution is 2.22. The van der Waals surface area contributed by atoms with Crippen LogP contribution in [0.1, 0.15) is 25.3 Å².